The zero-order valence-corrected chi connectivity index (χ0v) is 20.8. The smallest absolute Gasteiger partial charge is 0.0702 e. The first kappa shape index (κ1) is 32.8. The highest BCUT2D eigenvalue weighted by molar-refractivity contribution is 6.39. The summed E-state index contributed by atoms with van der Waals surface area (Å²) in [6.45, 7) is 33.8. The largest absolute Gasteiger partial charge is 0.0970 e. The van der Waals surface area contributed by atoms with Gasteiger partial charge in [-0.3, -0.25) is 0 Å². The van der Waals surface area contributed by atoms with Crippen LogP contribution in [0.25, 0.3) is 0 Å². The van der Waals surface area contributed by atoms with Crippen molar-refractivity contribution in [3.8, 4) is 0 Å². The van der Waals surface area contributed by atoms with E-state index in [9.17, 15) is 0 Å². The van der Waals surface area contributed by atoms with Gasteiger partial charge in [-0.1, -0.05) is 122 Å². The molecule has 0 spiro atoms. The molecule has 0 aromatic rings. The Morgan fingerprint density at radius 2 is 0.600 bits per heavy atom. The maximum atomic E-state index is 5.59. The van der Waals surface area contributed by atoms with Gasteiger partial charge in [0.1, 0.15) is 0 Å². The van der Waals surface area contributed by atoms with E-state index in [1.165, 1.54) is 0 Å². The maximum Gasteiger partial charge on any atom is 0.0702 e. The molecule has 0 aromatic carbocycles. The van der Waals surface area contributed by atoms with Crippen LogP contribution in [-0.4, -0.2) is 23.5 Å². The predicted octanol–water partition coefficient (Wildman–Crippen LogP) is 7.62. The third kappa shape index (κ3) is 51.6. The summed E-state index contributed by atoms with van der Waals surface area (Å²) in [5.41, 5.74) is 1.27. The Labute approximate surface area is 167 Å². The van der Waals surface area contributed by atoms with Gasteiger partial charge in [0.25, 0.3) is 0 Å². The molecule has 0 rings (SSSR count). The third-order valence-corrected chi connectivity index (χ3v) is 2.98. The summed E-state index contributed by atoms with van der Waals surface area (Å²) in [5, 5.41) is -0.562. The molecule has 6 radical (unpaired) electrons. The molecule has 1 atom stereocenters. The van der Waals surface area contributed by atoms with Gasteiger partial charge in [0.2, 0.25) is 0 Å². The first-order chi connectivity index (χ1) is 10.2. The van der Waals surface area contributed by atoms with E-state index in [0.717, 1.165) is 0 Å². The molecule has 0 aromatic heterocycles. The van der Waals surface area contributed by atoms with Gasteiger partial charge in [0, 0.05) is 0 Å². The van der Waals surface area contributed by atoms with E-state index in [2.05, 4.69) is 76.2 Å². The van der Waals surface area contributed by atoms with Crippen LogP contribution in [0.4, 0.5) is 0 Å². The van der Waals surface area contributed by atoms with Crippen LogP contribution in [-0.2, 0) is 0 Å². The fraction of sp³-hybridized carbons (Fsp3) is 1.00. The highest BCUT2D eigenvalue weighted by Gasteiger charge is 2.25. The molecular formula is C22H49B3. The van der Waals surface area contributed by atoms with E-state index in [1.807, 2.05) is 34.6 Å². The second-order valence-electron chi connectivity index (χ2n) is 12.7. The molecule has 0 amide bonds. The Bertz CT molecular complexity index is 261. The molecule has 0 N–H and O–H groups in total. The van der Waals surface area contributed by atoms with Gasteiger partial charge >= 0.3 is 0 Å². The number of hydrogen-bond donors (Lipinski definition) is 0. The Hall–Kier alpha value is 0.195. The van der Waals surface area contributed by atoms with Crippen molar-refractivity contribution in [1.29, 1.82) is 0 Å². The highest BCUT2D eigenvalue weighted by atomic mass is 14.2. The minimum Gasteiger partial charge on any atom is -0.0970 e. The van der Waals surface area contributed by atoms with Gasteiger partial charge in [-0.15, -0.1) is 0 Å². The fourth-order valence-corrected chi connectivity index (χ4v) is 0. The van der Waals surface area contributed by atoms with Crippen LogP contribution in [0.1, 0.15) is 111 Å². The quantitative estimate of drug-likeness (QED) is 0.396. The molecule has 25 heavy (non-hydrogen) atoms. The molecule has 1 unspecified atom stereocenters. The lowest BCUT2D eigenvalue weighted by Crippen LogP contribution is -2.26. The van der Waals surface area contributed by atoms with Crippen molar-refractivity contribution in [3.63, 3.8) is 0 Å². The summed E-state index contributed by atoms with van der Waals surface area (Å²) < 4.78 is 0. The molecule has 0 aliphatic carbocycles. The lowest BCUT2D eigenvalue weighted by molar-refractivity contribution is 0.363. The van der Waals surface area contributed by atoms with Crippen LogP contribution >= 0.6 is 0 Å². The van der Waals surface area contributed by atoms with Crippen molar-refractivity contribution in [2.24, 2.45) is 21.7 Å². The summed E-state index contributed by atoms with van der Waals surface area (Å²) in [6, 6.07) is 0. The Balaban J connectivity index is -0.000000120. The Morgan fingerprint density at radius 3 is 0.600 bits per heavy atom. The summed E-state index contributed by atoms with van der Waals surface area (Å²) in [6.07, 6.45) is 0. The van der Waals surface area contributed by atoms with Crippen molar-refractivity contribution >= 4 is 23.5 Å². The molecular weight excluding hydrogens is 297 g/mol. The average Bonchev–Trinajstić information content (AvgIpc) is 2.06. The van der Waals surface area contributed by atoms with E-state index in [1.54, 1.807) is 0 Å². The number of hydrogen-bond acceptors (Lipinski definition) is 0. The molecule has 0 aliphatic heterocycles. The average molecular weight is 346 g/mol. The zero-order valence-electron chi connectivity index (χ0n) is 20.8. The van der Waals surface area contributed by atoms with Crippen LogP contribution in [0.3, 0.4) is 0 Å². The zero-order chi connectivity index (χ0) is 22.1. The normalized spacial score (nSPS) is 13.9. The predicted molar refractivity (Wildman–Crippen MR) is 124 cm³/mol. The number of rotatable bonds is 0. The van der Waals surface area contributed by atoms with Crippen molar-refractivity contribution in [2.45, 2.75) is 122 Å². The minimum absolute atomic E-state index is 0.00694. The standard InChI is InChI=1S/C6H12B2.C6H13B.2C5H12/c1-5(2,3)6(4,7)8;1-5(7)6(2,3)4;2*1-5(2,3)4/h1-4H3;5H,1-4H3;2*1-4H3. The van der Waals surface area contributed by atoms with Crippen LogP contribution in [0.2, 0.25) is 11.0 Å². The molecule has 146 valence electrons. The molecule has 3 heteroatoms. The monoisotopic (exact) mass is 346 g/mol. The summed E-state index contributed by atoms with van der Waals surface area (Å²) in [5.74, 6) is 0.299. The van der Waals surface area contributed by atoms with Crippen molar-refractivity contribution in [2.75, 3.05) is 0 Å². The van der Waals surface area contributed by atoms with E-state index in [0.29, 0.717) is 16.6 Å². The lowest BCUT2D eigenvalue weighted by Gasteiger charge is -2.36. The van der Waals surface area contributed by atoms with Crippen molar-refractivity contribution < 1.29 is 0 Å². The second-order valence-corrected chi connectivity index (χ2v) is 12.7. The highest BCUT2D eigenvalue weighted by Crippen LogP contribution is 2.37. The molecule has 0 saturated carbocycles. The van der Waals surface area contributed by atoms with Gasteiger partial charge in [-0.2, -0.15) is 0 Å². The molecule has 0 fully saturated rings. The summed E-state index contributed by atoms with van der Waals surface area (Å²) in [4.78, 5) is 0. The van der Waals surface area contributed by atoms with Crippen molar-refractivity contribution in [3.05, 3.63) is 0 Å². The third-order valence-electron chi connectivity index (χ3n) is 2.98. The Kier molecular flexibility index (Phi) is 15.5. The fourth-order valence-electron chi connectivity index (χ4n) is 0. The summed E-state index contributed by atoms with van der Waals surface area (Å²) in [7, 11) is 16.8. The van der Waals surface area contributed by atoms with Crippen molar-refractivity contribution in [1.82, 2.24) is 0 Å². The van der Waals surface area contributed by atoms with Gasteiger partial charge < -0.3 is 0 Å². The lowest BCUT2D eigenvalue weighted by atomic mass is 9.45. The van der Waals surface area contributed by atoms with Crippen LogP contribution in [0, 0.1) is 21.7 Å². The first-order valence-electron chi connectivity index (χ1n) is 9.53. The molecule has 0 nitrogen and oxygen atoms in total. The van der Waals surface area contributed by atoms with Crippen LogP contribution in [0.5, 0.6) is 0 Å². The van der Waals surface area contributed by atoms with Gasteiger partial charge in [-0.25, -0.2) is 0 Å². The molecule has 0 saturated heterocycles. The minimum atomic E-state index is -0.562. The van der Waals surface area contributed by atoms with Gasteiger partial charge in [0.15, 0.2) is 0 Å². The molecule has 0 heterocycles. The first-order valence-corrected chi connectivity index (χ1v) is 9.53. The van der Waals surface area contributed by atoms with Crippen LogP contribution < -0.4 is 0 Å². The van der Waals surface area contributed by atoms with E-state index in [4.69, 9.17) is 23.5 Å². The molecule has 0 aliphatic rings. The van der Waals surface area contributed by atoms with E-state index < -0.39 is 5.21 Å². The van der Waals surface area contributed by atoms with Crippen LogP contribution in [0.15, 0.2) is 0 Å². The SMILES string of the molecule is CC(C)(C)C.CC(C)(C)C.[B]C(C)C(C)(C)C.[B]C([B])(C)C(C)(C)C. The summed E-state index contributed by atoms with van der Waals surface area (Å²) >= 11 is 0. The Morgan fingerprint density at radius 1 is 0.520 bits per heavy atom. The van der Waals surface area contributed by atoms with Gasteiger partial charge in [-0.05, 0) is 21.7 Å². The van der Waals surface area contributed by atoms with E-state index in [-0.39, 0.29) is 10.8 Å². The molecule has 0 bridgehead atoms. The topological polar surface area (TPSA) is 0 Å². The van der Waals surface area contributed by atoms with Gasteiger partial charge in [0.05, 0.1) is 23.5 Å². The maximum absolute atomic E-state index is 5.59. The second kappa shape index (κ2) is 11.8. The van der Waals surface area contributed by atoms with E-state index >= 15 is 0 Å².